The Kier molecular flexibility index (Phi) is 4.90. The highest BCUT2D eigenvalue weighted by atomic mass is 16.5. The predicted octanol–water partition coefficient (Wildman–Crippen LogP) is 0.693. The third-order valence-electron chi connectivity index (χ3n) is 2.63. The van der Waals surface area contributed by atoms with E-state index in [0.717, 1.165) is 25.8 Å². The molecular formula is C10H19NO3. The third-order valence-corrected chi connectivity index (χ3v) is 2.63. The predicted molar refractivity (Wildman–Crippen MR) is 52.8 cm³/mol. The summed E-state index contributed by atoms with van der Waals surface area (Å²) in [7, 11) is 1.40. The van der Waals surface area contributed by atoms with Gasteiger partial charge in [0, 0.05) is 13.0 Å². The largest absolute Gasteiger partial charge is 0.469 e. The molecule has 0 atom stereocenters. The third kappa shape index (κ3) is 3.64. The molecule has 14 heavy (non-hydrogen) atoms. The minimum absolute atomic E-state index is 0.165. The summed E-state index contributed by atoms with van der Waals surface area (Å²) in [6.07, 6.45) is 3.73. The van der Waals surface area contributed by atoms with Crippen molar-refractivity contribution in [3.05, 3.63) is 0 Å². The molecule has 0 aromatic carbocycles. The highest BCUT2D eigenvalue weighted by molar-refractivity contribution is 5.68. The number of hydrogen-bond acceptors (Lipinski definition) is 4. The Bertz CT molecular complexity index is 178. The number of nitrogens with two attached hydrogens (primary N) is 1. The van der Waals surface area contributed by atoms with E-state index >= 15 is 0 Å². The van der Waals surface area contributed by atoms with Gasteiger partial charge >= 0.3 is 5.97 Å². The zero-order chi connectivity index (χ0) is 10.4. The first-order valence-corrected chi connectivity index (χ1v) is 5.14. The van der Waals surface area contributed by atoms with E-state index < -0.39 is 0 Å². The first-order valence-electron chi connectivity index (χ1n) is 5.14. The average Bonchev–Trinajstić information content (AvgIpc) is 2.14. The smallest absolute Gasteiger partial charge is 0.305 e. The Hall–Kier alpha value is -0.610. The summed E-state index contributed by atoms with van der Waals surface area (Å²) in [5.74, 6) is 0.489. The van der Waals surface area contributed by atoms with Crippen LogP contribution in [0.25, 0.3) is 0 Å². The molecule has 0 bridgehead atoms. The highest BCUT2D eigenvalue weighted by Crippen LogP contribution is 2.28. The van der Waals surface area contributed by atoms with Gasteiger partial charge in [-0.3, -0.25) is 4.79 Å². The lowest BCUT2D eigenvalue weighted by molar-refractivity contribution is -0.141. The van der Waals surface area contributed by atoms with Gasteiger partial charge in [0.2, 0.25) is 0 Å². The van der Waals surface area contributed by atoms with Crippen molar-refractivity contribution in [3.8, 4) is 0 Å². The van der Waals surface area contributed by atoms with Crippen molar-refractivity contribution in [1.82, 2.24) is 0 Å². The molecule has 0 heterocycles. The van der Waals surface area contributed by atoms with E-state index in [1.807, 2.05) is 0 Å². The van der Waals surface area contributed by atoms with Crippen LogP contribution in [0.1, 0.15) is 25.7 Å². The van der Waals surface area contributed by atoms with Crippen molar-refractivity contribution in [3.63, 3.8) is 0 Å². The fourth-order valence-electron chi connectivity index (χ4n) is 1.57. The molecule has 0 saturated heterocycles. The number of hydrogen-bond donors (Lipinski definition) is 1. The van der Waals surface area contributed by atoms with Crippen molar-refractivity contribution in [1.29, 1.82) is 0 Å². The van der Waals surface area contributed by atoms with Gasteiger partial charge < -0.3 is 15.2 Å². The van der Waals surface area contributed by atoms with Crippen LogP contribution in [0.3, 0.4) is 0 Å². The van der Waals surface area contributed by atoms with Crippen LogP contribution in [0.5, 0.6) is 0 Å². The first kappa shape index (κ1) is 11.5. The van der Waals surface area contributed by atoms with Crippen molar-refractivity contribution in [2.75, 3.05) is 20.3 Å². The number of carbonyl (C=O) groups excluding carboxylic acids is 1. The van der Waals surface area contributed by atoms with E-state index in [2.05, 4.69) is 4.74 Å². The Morgan fingerprint density at radius 1 is 1.50 bits per heavy atom. The topological polar surface area (TPSA) is 61.5 Å². The minimum Gasteiger partial charge on any atom is -0.469 e. The lowest BCUT2D eigenvalue weighted by Crippen LogP contribution is -2.36. The molecule has 1 saturated carbocycles. The Morgan fingerprint density at radius 2 is 2.21 bits per heavy atom. The summed E-state index contributed by atoms with van der Waals surface area (Å²) in [6.45, 7) is 1.42. The maximum absolute atomic E-state index is 10.7. The summed E-state index contributed by atoms with van der Waals surface area (Å²) in [6, 6.07) is 0. The molecule has 1 rings (SSSR count). The van der Waals surface area contributed by atoms with Crippen LogP contribution in [0.15, 0.2) is 0 Å². The fourth-order valence-corrected chi connectivity index (χ4v) is 1.57. The van der Waals surface area contributed by atoms with Gasteiger partial charge in [-0.2, -0.15) is 0 Å². The summed E-state index contributed by atoms with van der Waals surface area (Å²) >= 11 is 0. The number of methoxy groups -OCH3 is 1. The number of ether oxygens (including phenoxy) is 2. The summed E-state index contributed by atoms with van der Waals surface area (Å²) in [5.41, 5.74) is 5.49. The van der Waals surface area contributed by atoms with Gasteiger partial charge in [-0.15, -0.1) is 0 Å². The molecule has 1 fully saturated rings. The molecule has 0 amide bonds. The molecule has 0 aromatic heterocycles. The van der Waals surface area contributed by atoms with E-state index in [4.69, 9.17) is 10.5 Å². The first-order chi connectivity index (χ1) is 6.76. The minimum atomic E-state index is -0.165. The van der Waals surface area contributed by atoms with Crippen LogP contribution in [-0.2, 0) is 14.3 Å². The SMILES string of the molecule is COC(=O)CCCOC1CC(CN)C1. The molecule has 82 valence electrons. The number of rotatable bonds is 6. The van der Waals surface area contributed by atoms with Gasteiger partial charge in [0.25, 0.3) is 0 Å². The van der Waals surface area contributed by atoms with Crippen LogP contribution in [-0.4, -0.2) is 32.3 Å². The Balaban J connectivity index is 1.88. The molecule has 2 N–H and O–H groups in total. The summed E-state index contributed by atoms with van der Waals surface area (Å²) in [5, 5.41) is 0. The molecule has 1 aliphatic rings. The average molecular weight is 201 g/mol. The van der Waals surface area contributed by atoms with Crippen LogP contribution >= 0.6 is 0 Å². The maximum Gasteiger partial charge on any atom is 0.305 e. The van der Waals surface area contributed by atoms with Gasteiger partial charge in [-0.05, 0) is 31.7 Å². The van der Waals surface area contributed by atoms with E-state index in [1.165, 1.54) is 7.11 Å². The van der Waals surface area contributed by atoms with Gasteiger partial charge in [-0.25, -0.2) is 0 Å². The quantitative estimate of drug-likeness (QED) is 0.507. The molecule has 0 spiro atoms. The standard InChI is InChI=1S/C10H19NO3/c1-13-10(12)3-2-4-14-9-5-8(6-9)7-11/h8-9H,2-7,11H2,1H3. The van der Waals surface area contributed by atoms with E-state index in [0.29, 0.717) is 25.0 Å². The van der Waals surface area contributed by atoms with Crippen molar-refractivity contribution in [2.45, 2.75) is 31.8 Å². The van der Waals surface area contributed by atoms with Crippen molar-refractivity contribution >= 4 is 5.97 Å². The van der Waals surface area contributed by atoms with Crippen LogP contribution < -0.4 is 5.73 Å². The molecule has 4 heteroatoms. The van der Waals surface area contributed by atoms with Crippen LogP contribution in [0.4, 0.5) is 0 Å². The molecule has 0 aromatic rings. The lowest BCUT2D eigenvalue weighted by Gasteiger charge is -2.34. The van der Waals surface area contributed by atoms with Gasteiger partial charge in [0.05, 0.1) is 13.2 Å². The molecule has 0 aliphatic heterocycles. The highest BCUT2D eigenvalue weighted by Gasteiger charge is 2.28. The number of carbonyl (C=O) groups is 1. The second-order valence-electron chi connectivity index (χ2n) is 3.75. The van der Waals surface area contributed by atoms with Crippen molar-refractivity contribution in [2.24, 2.45) is 11.7 Å². The van der Waals surface area contributed by atoms with Gasteiger partial charge in [-0.1, -0.05) is 0 Å². The van der Waals surface area contributed by atoms with Crippen molar-refractivity contribution < 1.29 is 14.3 Å². The lowest BCUT2D eigenvalue weighted by atomic mass is 9.82. The molecule has 4 nitrogen and oxygen atoms in total. The second-order valence-corrected chi connectivity index (χ2v) is 3.75. The normalized spacial score (nSPS) is 25.6. The van der Waals surface area contributed by atoms with Gasteiger partial charge in [0.1, 0.15) is 0 Å². The molecular weight excluding hydrogens is 182 g/mol. The zero-order valence-corrected chi connectivity index (χ0v) is 8.70. The summed E-state index contributed by atoms with van der Waals surface area (Å²) in [4.78, 5) is 10.7. The zero-order valence-electron chi connectivity index (χ0n) is 8.70. The monoisotopic (exact) mass is 201 g/mol. The van der Waals surface area contributed by atoms with Crippen LogP contribution in [0, 0.1) is 5.92 Å². The van der Waals surface area contributed by atoms with Gasteiger partial charge in [0.15, 0.2) is 0 Å². The molecule has 0 unspecified atom stereocenters. The second kappa shape index (κ2) is 5.98. The fraction of sp³-hybridized carbons (Fsp3) is 0.900. The molecule has 0 radical (unpaired) electrons. The summed E-state index contributed by atoms with van der Waals surface area (Å²) < 4.78 is 10.1. The van der Waals surface area contributed by atoms with E-state index in [9.17, 15) is 4.79 Å². The Labute approximate surface area is 84.7 Å². The number of esters is 1. The molecule has 1 aliphatic carbocycles. The Morgan fingerprint density at radius 3 is 2.79 bits per heavy atom. The maximum atomic E-state index is 10.7. The van der Waals surface area contributed by atoms with E-state index in [1.54, 1.807) is 0 Å². The van der Waals surface area contributed by atoms with E-state index in [-0.39, 0.29) is 5.97 Å². The van der Waals surface area contributed by atoms with Crippen LogP contribution in [0.2, 0.25) is 0 Å².